The van der Waals surface area contributed by atoms with E-state index in [1.54, 1.807) is 18.4 Å². The first-order valence-electron chi connectivity index (χ1n) is 8.47. The molecule has 0 saturated heterocycles. The third kappa shape index (κ3) is 4.71. The number of thiophene rings is 1. The molecule has 5 heteroatoms. The topological polar surface area (TPSA) is 38.5 Å². The molecule has 25 heavy (non-hydrogen) atoms. The van der Waals surface area contributed by atoms with Crippen LogP contribution in [0.25, 0.3) is 10.8 Å². The molecule has 0 saturated carbocycles. The molecule has 0 aliphatic heterocycles. The zero-order chi connectivity index (χ0) is 17.6. The van der Waals surface area contributed by atoms with E-state index in [0.717, 1.165) is 53.9 Å². The summed E-state index contributed by atoms with van der Waals surface area (Å²) >= 11 is 1.65. The highest BCUT2D eigenvalue weighted by atomic mass is 32.1. The van der Waals surface area contributed by atoms with Crippen molar-refractivity contribution in [1.82, 2.24) is 9.88 Å². The normalized spacial score (nSPS) is 11.2. The molecule has 0 unspecified atom stereocenters. The van der Waals surface area contributed by atoms with Gasteiger partial charge in [0.05, 0.1) is 17.7 Å². The summed E-state index contributed by atoms with van der Waals surface area (Å²) in [5.74, 6) is 2.54. The molecule has 0 fully saturated rings. The summed E-state index contributed by atoms with van der Waals surface area (Å²) in [6, 6.07) is 12.4. The molecular formula is C20H24N2O2S. The second-order valence-corrected chi connectivity index (χ2v) is 7.14. The van der Waals surface area contributed by atoms with E-state index in [4.69, 9.17) is 9.15 Å². The monoisotopic (exact) mass is 356 g/mol. The summed E-state index contributed by atoms with van der Waals surface area (Å²) in [5, 5.41) is 2.04. The van der Waals surface area contributed by atoms with Crippen molar-refractivity contribution in [2.45, 2.75) is 26.3 Å². The van der Waals surface area contributed by atoms with Gasteiger partial charge >= 0.3 is 0 Å². The highest BCUT2D eigenvalue weighted by Crippen LogP contribution is 2.26. The van der Waals surface area contributed by atoms with Crippen molar-refractivity contribution in [2.75, 3.05) is 20.7 Å². The van der Waals surface area contributed by atoms with Crippen LogP contribution in [0.5, 0.6) is 5.75 Å². The lowest BCUT2D eigenvalue weighted by Crippen LogP contribution is -2.20. The minimum atomic E-state index is 0.731. The zero-order valence-corrected chi connectivity index (χ0v) is 15.8. The maximum atomic E-state index is 5.82. The standard InChI is InChI=1S/C20H24N2O2S/c1-15-18(21-20(24-15)19-7-5-13-25-19)14-22(2)12-4-6-16-8-10-17(23-3)11-9-16/h5,7-11,13H,4,6,12,14H2,1-3H3. The molecule has 0 bridgehead atoms. The van der Waals surface area contributed by atoms with E-state index in [-0.39, 0.29) is 0 Å². The van der Waals surface area contributed by atoms with E-state index in [0.29, 0.717) is 0 Å². The third-order valence-corrected chi connectivity index (χ3v) is 5.07. The SMILES string of the molecule is COc1ccc(CCCN(C)Cc2nc(-c3cccs3)oc2C)cc1. The molecule has 0 aliphatic rings. The number of nitrogens with zero attached hydrogens (tertiary/aromatic N) is 2. The molecule has 132 valence electrons. The number of ether oxygens (including phenoxy) is 1. The maximum Gasteiger partial charge on any atom is 0.236 e. The quantitative estimate of drug-likeness (QED) is 0.582. The molecule has 3 rings (SSSR count). The smallest absolute Gasteiger partial charge is 0.236 e. The third-order valence-electron chi connectivity index (χ3n) is 4.21. The first-order chi connectivity index (χ1) is 12.2. The number of benzene rings is 1. The Labute approximate surface area is 153 Å². The van der Waals surface area contributed by atoms with Crippen LogP contribution in [-0.2, 0) is 13.0 Å². The second-order valence-electron chi connectivity index (χ2n) is 6.19. The van der Waals surface area contributed by atoms with Crippen molar-refractivity contribution in [3.8, 4) is 16.5 Å². The summed E-state index contributed by atoms with van der Waals surface area (Å²) in [4.78, 5) is 8.04. The zero-order valence-electron chi connectivity index (χ0n) is 15.0. The highest BCUT2D eigenvalue weighted by molar-refractivity contribution is 7.13. The molecule has 2 heterocycles. The molecule has 0 aliphatic carbocycles. The lowest BCUT2D eigenvalue weighted by Gasteiger charge is -2.15. The van der Waals surface area contributed by atoms with Crippen molar-refractivity contribution >= 4 is 11.3 Å². The molecule has 0 radical (unpaired) electrons. The minimum absolute atomic E-state index is 0.731. The van der Waals surface area contributed by atoms with Gasteiger partial charge in [-0.25, -0.2) is 4.98 Å². The molecule has 0 spiro atoms. The van der Waals surface area contributed by atoms with E-state index in [2.05, 4.69) is 29.1 Å². The van der Waals surface area contributed by atoms with Gasteiger partial charge in [-0.3, -0.25) is 0 Å². The van der Waals surface area contributed by atoms with E-state index in [1.165, 1.54) is 5.56 Å². The fourth-order valence-electron chi connectivity index (χ4n) is 2.76. The van der Waals surface area contributed by atoms with Gasteiger partial charge in [-0.1, -0.05) is 18.2 Å². The lowest BCUT2D eigenvalue weighted by atomic mass is 10.1. The van der Waals surface area contributed by atoms with Gasteiger partial charge in [-0.15, -0.1) is 11.3 Å². The van der Waals surface area contributed by atoms with E-state index < -0.39 is 0 Å². The van der Waals surface area contributed by atoms with Crippen molar-refractivity contribution in [1.29, 1.82) is 0 Å². The van der Waals surface area contributed by atoms with Gasteiger partial charge in [0.25, 0.3) is 0 Å². The molecule has 3 aromatic rings. The van der Waals surface area contributed by atoms with Crippen LogP contribution in [0, 0.1) is 6.92 Å². The molecule has 4 nitrogen and oxygen atoms in total. The van der Waals surface area contributed by atoms with Crippen molar-refractivity contribution in [3.05, 3.63) is 58.8 Å². The van der Waals surface area contributed by atoms with E-state index in [9.17, 15) is 0 Å². The van der Waals surface area contributed by atoms with Gasteiger partial charge in [0.1, 0.15) is 11.5 Å². The number of aromatic nitrogens is 1. The Bertz CT molecular complexity index is 779. The Morgan fingerprint density at radius 2 is 2.00 bits per heavy atom. The largest absolute Gasteiger partial charge is 0.497 e. The van der Waals surface area contributed by atoms with Crippen molar-refractivity contribution < 1.29 is 9.15 Å². The molecule has 0 N–H and O–H groups in total. The first-order valence-corrected chi connectivity index (χ1v) is 9.35. The predicted molar refractivity (Wildman–Crippen MR) is 102 cm³/mol. The van der Waals surface area contributed by atoms with Gasteiger partial charge in [0.15, 0.2) is 0 Å². The summed E-state index contributed by atoms with van der Waals surface area (Å²) in [6.07, 6.45) is 2.17. The van der Waals surface area contributed by atoms with E-state index >= 15 is 0 Å². The summed E-state index contributed by atoms with van der Waals surface area (Å²) in [6.45, 7) is 3.82. The Balaban J connectivity index is 1.49. The van der Waals surface area contributed by atoms with Gasteiger partial charge < -0.3 is 14.1 Å². The Morgan fingerprint density at radius 1 is 1.20 bits per heavy atom. The van der Waals surface area contributed by atoms with Crippen LogP contribution in [0.3, 0.4) is 0 Å². The molecule has 1 aromatic carbocycles. The second kappa shape index (κ2) is 8.32. The van der Waals surface area contributed by atoms with Crippen molar-refractivity contribution in [2.24, 2.45) is 0 Å². The summed E-state index contributed by atoms with van der Waals surface area (Å²) in [7, 11) is 3.83. The first kappa shape index (κ1) is 17.7. The predicted octanol–water partition coefficient (Wildman–Crippen LogP) is 4.78. The van der Waals surface area contributed by atoms with E-state index in [1.807, 2.05) is 36.6 Å². The van der Waals surface area contributed by atoms with Gasteiger partial charge in [0.2, 0.25) is 5.89 Å². The van der Waals surface area contributed by atoms with Crippen LogP contribution < -0.4 is 4.74 Å². The van der Waals surface area contributed by atoms with Crippen LogP contribution >= 0.6 is 11.3 Å². The number of hydrogen-bond acceptors (Lipinski definition) is 5. The van der Waals surface area contributed by atoms with Gasteiger partial charge in [-0.05, 0) is 62.5 Å². The Morgan fingerprint density at radius 3 is 2.68 bits per heavy atom. The fourth-order valence-corrected chi connectivity index (χ4v) is 3.41. The molecule has 0 amide bonds. The van der Waals surface area contributed by atoms with Crippen LogP contribution in [0.2, 0.25) is 0 Å². The summed E-state index contributed by atoms with van der Waals surface area (Å²) < 4.78 is 11.0. The number of rotatable bonds is 8. The maximum absolute atomic E-state index is 5.82. The Hall–Kier alpha value is -2.11. The molecule has 2 aromatic heterocycles. The minimum Gasteiger partial charge on any atom is -0.497 e. The van der Waals surface area contributed by atoms with Crippen LogP contribution in [0.1, 0.15) is 23.4 Å². The van der Waals surface area contributed by atoms with Crippen molar-refractivity contribution in [3.63, 3.8) is 0 Å². The molecule has 0 atom stereocenters. The number of aryl methyl sites for hydroxylation is 2. The number of hydrogen-bond donors (Lipinski definition) is 0. The van der Waals surface area contributed by atoms with Crippen LogP contribution in [-0.4, -0.2) is 30.6 Å². The molecular weight excluding hydrogens is 332 g/mol. The number of methoxy groups -OCH3 is 1. The average Bonchev–Trinajstić information content (AvgIpc) is 3.26. The summed E-state index contributed by atoms with van der Waals surface area (Å²) in [5.41, 5.74) is 2.36. The van der Waals surface area contributed by atoms with Crippen LogP contribution in [0.4, 0.5) is 0 Å². The van der Waals surface area contributed by atoms with Crippen LogP contribution in [0.15, 0.2) is 46.2 Å². The highest BCUT2D eigenvalue weighted by Gasteiger charge is 2.13. The van der Waals surface area contributed by atoms with Gasteiger partial charge in [0, 0.05) is 6.54 Å². The fraction of sp³-hybridized carbons (Fsp3) is 0.350. The Kier molecular flexibility index (Phi) is 5.89. The number of oxazole rings is 1. The average molecular weight is 356 g/mol. The lowest BCUT2D eigenvalue weighted by molar-refractivity contribution is 0.317. The van der Waals surface area contributed by atoms with Gasteiger partial charge in [-0.2, -0.15) is 0 Å².